The summed E-state index contributed by atoms with van der Waals surface area (Å²) in [5.74, 6) is 0.114. The average Bonchev–Trinajstić information content (AvgIpc) is 2.86. The molecule has 0 spiro atoms. The van der Waals surface area contributed by atoms with Crippen molar-refractivity contribution >= 4 is 18.3 Å². The van der Waals surface area contributed by atoms with Gasteiger partial charge in [0.25, 0.3) is 5.91 Å². The van der Waals surface area contributed by atoms with E-state index < -0.39 is 0 Å². The molecule has 0 aliphatic carbocycles. The van der Waals surface area contributed by atoms with Crippen molar-refractivity contribution in [1.82, 2.24) is 9.47 Å². The van der Waals surface area contributed by atoms with Crippen LogP contribution in [0.3, 0.4) is 0 Å². The molecule has 1 fully saturated rings. The number of halogens is 1. The molecular weight excluding hydrogens is 238 g/mol. The number of nitrogens with zero attached hydrogens (tertiary/aromatic N) is 2. The molecule has 2 heterocycles. The van der Waals surface area contributed by atoms with Gasteiger partial charge in [-0.15, -0.1) is 12.4 Å². The van der Waals surface area contributed by atoms with Crippen molar-refractivity contribution < 1.29 is 4.79 Å². The normalized spacial score (nSPS) is 19.2. The van der Waals surface area contributed by atoms with Gasteiger partial charge < -0.3 is 15.2 Å². The molecule has 17 heavy (non-hydrogen) atoms. The lowest BCUT2D eigenvalue weighted by Crippen LogP contribution is -2.40. The Morgan fingerprint density at radius 1 is 1.53 bits per heavy atom. The zero-order valence-electron chi connectivity index (χ0n) is 10.3. The van der Waals surface area contributed by atoms with Crippen molar-refractivity contribution in [3.05, 3.63) is 23.5 Å². The number of hydrogen-bond acceptors (Lipinski definition) is 2. The van der Waals surface area contributed by atoms with Crippen LogP contribution in [0.1, 0.15) is 29.0 Å². The maximum absolute atomic E-state index is 12.3. The number of aryl methyl sites for hydroxylation is 1. The molecule has 2 N–H and O–H groups in total. The SMILES string of the molecule is Cc1ccc(C(=O)N2CCCC2CN)n1C.Cl. The van der Waals surface area contributed by atoms with Gasteiger partial charge in [-0.05, 0) is 31.9 Å². The maximum Gasteiger partial charge on any atom is 0.270 e. The van der Waals surface area contributed by atoms with Crippen LogP contribution in [-0.2, 0) is 7.05 Å². The Balaban J connectivity index is 0.00000144. The van der Waals surface area contributed by atoms with E-state index in [4.69, 9.17) is 5.73 Å². The highest BCUT2D eigenvalue weighted by molar-refractivity contribution is 5.93. The lowest BCUT2D eigenvalue weighted by molar-refractivity contribution is 0.0731. The lowest BCUT2D eigenvalue weighted by Gasteiger charge is -2.23. The van der Waals surface area contributed by atoms with Crippen LogP contribution in [0.4, 0.5) is 0 Å². The third-order valence-corrected chi connectivity index (χ3v) is 3.50. The first kappa shape index (κ1) is 14.1. The van der Waals surface area contributed by atoms with Crippen LogP contribution in [0.2, 0.25) is 0 Å². The van der Waals surface area contributed by atoms with Gasteiger partial charge in [-0.3, -0.25) is 4.79 Å². The van der Waals surface area contributed by atoms with Gasteiger partial charge in [0.1, 0.15) is 5.69 Å². The molecule has 1 aromatic rings. The van der Waals surface area contributed by atoms with Gasteiger partial charge >= 0.3 is 0 Å². The summed E-state index contributed by atoms with van der Waals surface area (Å²) in [4.78, 5) is 14.2. The largest absolute Gasteiger partial charge is 0.344 e. The predicted octanol–water partition coefficient (Wildman–Crippen LogP) is 1.32. The van der Waals surface area contributed by atoms with Crippen molar-refractivity contribution in [3.8, 4) is 0 Å². The first-order valence-corrected chi connectivity index (χ1v) is 5.78. The number of nitrogens with two attached hydrogens (primary N) is 1. The standard InChI is InChI=1S/C12H19N3O.ClH/c1-9-5-6-11(14(9)2)12(16)15-7-3-4-10(15)8-13;/h5-6,10H,3-4,7-8,13H2,1-2H3;1H. The van der Waals surface area contributed by atoms with Gasteiger partial charge in [0.05, 0.1) is 0 Å². The van der Waals surface area contributed by atoms with Gasteiger partial charge in [0.15, 0.2) is 0 Å². The molecule has 1 aliphatic heterocycles. The highest BCUT2D eigenvalue weighted by Gasteiger charge is 2.29. The molecule has 1 amide bonds. The summed E-state index contributed by atoms with van der Waals surface area (Å²) in [5.41, 5.74) is 7.55. The van der Waals surface area contributed by atoms with E-state index in [1.165, 1.54) is 0 Å². The molecule has 0 bridgehead atoms. The fourth-order valence-electron chi connectivity index (χ4n) is 2.32. The second-order valence-electron chi connectivity index (χ2n) is 4.45. The molecule has 1 aliphatic rings. The highest BCUT2D eigenvalue weighted by Crippen LogP contribution is 2.19. The van der Waals surface area contributed by atoms with Crippen LogP contribution in [-0.4, -0.2) is 34.5 Å². The first-order chi connectivity index (χ1) is 7.65. The smallest absolute Gasteiger partial charge is 0.270 e. The molecule has 1 saturated heterocycles. The Kier molecular flexibility index (Phi) is 4.60. The van der Waals surface area contributed by atoms with Gasteiger partial charge in [-0.25, -0.2) is 0 Å². The number of likely N-dealkylation sites (tertiary alicyclic amines) is 1. The summed E-state index contributed by atoms with van der Waals surface area (Å²) in [6.07, 6.45) is 2.10. The molecule has 4 nitrogen and oxygen atoms in total. The molecule has 96 valence electrons. The molecular formula is C12H20ClN3O. The van der Waals surface area contributed by atoms with E-state index in [1.54, 1.807) is 0 Å². The van der Waals surface area contributed by atoms with Crippen LogP contribution in [0.15, 0.2) is 12.1 Å². The first-order valence-electron chi connectivity index (χ1n) is 5.78. The topological polar surface area (TPSA) is 51.3 Å². The Hall–Kier alpha value is -1.00. The van der Waals surface area contributed by atoms with E-state index in [2.05, 4.69) is 0 Å². The average molecular weight is 258 g/mol. The summed E-state index contributed by atoms with van der Waals surface area (Å²) in [5, 5.41) is 0. The van der Waals surface area contributed by atoms with Crippen molar-refractivity contribution in [3.63, 3.8) is 0 Å². The molecule has 0 aromatic carbocycles. The van der Waals surface area contributed by atoms with Crippen molar-refractivity contribution in [2.75, 3.05) is 13.1 Å². The van der Waals surface area contributed by atoms with E-state index in [0.717, 1.165) is 30.8 Å². The van der Waals surface area contributed by atoms with E-state index in [-0.39, 0.29) is 24.4 Å². The summed E-state index contributed by atoms with van der Waals surface area (Å²) in [6, 6.07) is 4.09. The van der Waals surface area contributed by atoms with Crippen LogP contribution in [0, 0.1) is 6.92 Å². The lowest BCUT2D eigenvalue weighted by atomic mass is 10.2. The van der Waals surface area contributed by atoms with E-state index in [9.17, 15) is 4.79 Å². The summed E-state index contributed by atoms with van der Waals surface area (Å²) in [7, 11) is 1.93. The van der Waals surface area contributed by atoms with Crippen LogP contribution >= 0.6 is 12.4 Å². The third kappa shape index (κ3) is 2.48. The zero-order valence-corrected chi connectivity index (χ0v) is 11.2. The minimum Gasteiger partial charge on any atom is -0.344 e. The fraction of sp³-hybridized carbons (Fsp3) is 0.583. The van der Waals surface area contributed by atoms with Crippen LogP contribution in [0.5, 0.6) is 0 Å². The number of rotatable bonds is 2. The molecule has 0 saturated carbocycles. The Labute approximate surface area is 108 Å². The quantitative estimate of drug-likeness (QED) is 0.869. The number of carbonyl (C=O) groups is 1. The molecule has 1 aromatic heterocycles. The summed E-state index contributed by atoms with van der Waals surface area (Å²) >= 11 is 0. The number of amides is 1. The number of aromatic nitrogens is 1. The van der Waals surface area contributed by atoms with Crippen molar-refractivity contribution in [1.29, 1.82) is 0 Å². The van der Waals surface area contributed by atoms with E-state index in [0.29, 0.717) is 6.54 Å². The van der Waals surface area contributed by atoms with Crippen molar-refractivity contribution in [2.24, 2.45) is 12.8 Å². The molecule has 1 atom stereocenters. The predicted molar refractivity (Wildman–Crippen MR) is 70.5 cm³/mol. The van der Waals surface area contributed by atoms with Gasteiger partial charge in [-0.2, -0.15) is 0 Å². The Morgan fingerprint density at radius 2 is 2.24 bits per heavy atom. The number of hydrogen-bond donors (Lipinski definition) is 1. The second kappa shape index (κ2) is 5.56. The highest BCUT2D eigenvalue weighted by atomic mass is 35.5. The van der Waals surface area contributed by atoms with Crippen molar-refractivity contribution in [2.45, 2.75) is 25.8 Å². The third-order valence-electron chi connectivity index (χ3n) is 3.50. The van der Waals surface area contributed by atoms with Crippen LogP contribution in [0.25, 0.3) is 0 Å². The number of carbonyl (C=O) groups excluding carboxylic acids is 1. The molecule has 0 radical (unpaired) electrons. The minimum atomic E-state index is 0. The second-order valence-corrected chi connectivity index (χ2v) is 4.45. The van der Waals surface area contributed by atoms with Gasteiger partial charge in [0.2, 0.25) is 0 Å². The van der Waals surface area contributed by atoms with Gasteiger partial charge in [-0.1, -0.05) is 0 Å². The minimum absolute atomic E-state index is 0. The summed E-state index contributed by atoms with van der Waals surface area (Å²) < 4.78 is 1.94. The zero-order chi connectivity index (χ0) is 11.7. The molecule has 2 rings (SSSR count). The molecule has 1 unspecified atom stereocenters. The Bertz CT molecular complexity index is 402. The monoisotopic (exact) mass is 257 g/mol. The maximum atomic E-state index is 12.3. The van der Waals surface area contributed by atoms with E-state index >= 15 is 0 Å². The fourth-order valence-corrected chi connectivity index (χ4v) is 2.32. The summed E-state index contributed by atoms with van der Waals surface area (Å²) in [6.45, 7) is 3.40. The molecule has 5 heteroatoms. The Morgan fingerprint density at radius 3 is 2.76 bits per heavy atom. The van der Waals surface area contributed by atoms with Crippen LogP contribution < -0.4 is 5.73 Å². The van der Waals surface area contributed by atoms with E-state index in [1.807, 2.05) is 35.6 Å². The van der Waals surface area contributed by atoms with Gasteiger partial charge in [0, 0.05) is 31.9 Å².